The lowest BCUT2D eigenvalue weighted by atomic mass is 9.82. The van der Waals surface area contributed by atoms with Crippen molar-refractivity contribution in [3.8, 4) is 0 Å². The van der Waals surface area contributed by atoms with E-state index in [9.17, 15) is 13.2 Å². The molecule has 0 atom stereocenters. The maximum Gasteiger partial charge on any atom is 0.401 e. The Bertz CT molecular complexity index is 304. The monoisotopic (exact) mass is 307 g/mol. The standard InChI is InChI=1S/C15H28F3N3/c16-15(17,18)13-20-8-10-21(11-9-20)14(12-19)6-4-2-1-3-5-7-14/h1-13,19H2. The zero-order valence-corrected chi connectivity index (χ0v) is 12.8. The molecule has 0 spiro atoms. The van der Waals surface area contributed by atoms with Crippen LogP contribution in [-0.2, 0) is 0 Å². The number of hydrogen-bond acceptors (Lipinski definition) is 3. The molecule has 0 aromatic carbocycles. The molecule has 1 saturated carbocycles. The van der Waals surface area contributed by atoms with E-state index in [-0.39, 0.29) is 5.54 Å². The second-order valence-electron chi connectivity index (χ2n) is 6.57. The maximum absolute atomic E-state index is 12.5. The van der Waals surface area contributed by atoms with Crippen LogP contribution in [0.4, 0.5) is 13.2 Å². The molecule has 0 unspecified atom stereocenters. The van der Waals surface area contributed by atoms with Crippen LogP contribution in [0.25, 0.3) is 0 Å². The summed E-state index contributed by atoms with van der Waals surface area (Å²) in [6, 6.07) is 0. The lowest BCUT2D eigenvalue weighted by molar-refractivity contribution is -0.151. The fraction of sp³-hybridized carbons (Fsp3) is 1.00. The number of alkyl halides is 3. The average molecular weight is 307 g/mol. The Hall–Kier alpha value is -0.330. The minimum Gasteiger partial charge on any atom is -0.329 e. The molecule has 1 aliphatic heterocycles. The summed E-state index contributed by atoms with van der Waals surface area (Å²) in [5.41, 5.74) is 6.12. The molecule has 1 saturated heterocycles. The molecule has 1 aliphatic carbocycles. The number of piperazine rings is 1. The van der Waals surface area contributed by atoms with Crippen LogP contribution >= 0.6 is 0 Å². The second kappa shape index (κ2) is 7.29. The van der Waals surface area contributed by atoms with E-state index in [1.54, 1.807) is 0 Å². The Morgan fingerprint density at radius 3 is 1.86 bits per heavy atom. The SMILES string of the molecule is NCC1(N2CCN(CC(F)(F)F)CC2)CCCCCCC1. The molecule has 21 heavy (non-hydrogen) atoms. The van der Waals surface area contributed by atoms with Crippen LogP contribution in [0.5, 0.6) is 0 Å². The summed E-state index contributed by atoms with van der Waals surface area (Å²) in [5, 5.41) is 0. The third kappa shape index (κ3) is 4.83. The van der Waals surface area contributed by atoms with Gasteiger partial charge in [0, 0.05) is 38.3 Å². The molecule has 6 heteroatoms. The summed E-state index contributed by atoms with van der Waals surface area (Å²) < 4.78 is 37.4. The van der Waals surface area contributed by atoms with Gasteiger partial charge in [-0.15, -0.1) is 0 Å². The molecule has 124 valence electrons. The van der Waals surface area contributed by atoms with E-state index in [0.717, 1.165) is 12.8 Å². The van der Waals surface area contributed by atoms with Crippen molar-refractivity contribution in [1.29, 1.82) is 0 Å². The number of nitrogens with two attached hydrogens (primary N) is 1. The van der Waals surface area contributed by atoms with Gasteiger partial charge in [-0.05, 0) is 12.8 Å². The quantitative estimate of drug-likeness (QED) is 0.870. The van der Waals surface area contributed by atoms with Gasteiger partial charge in [0.15, 0.2) is 0 Å². The largest absolute Gasteiger partial charge is 0.401 e. The summed E-state index contributed by atoms with van der Waals surface area (Å²) >= 11 is 0. The first-order chi connectivity index (χ1) is 9.95. The zero-order valence-electron chi connectivity index (χ0n) is 12.8. The normalized spacial score (nSPS) is 26.3. The molecule has 0 amide bonds. The first-order valence-electron chi connectivity index (χ1n) is 8.19. The van der Waals surface area contributed by atoms with Crippen molar-refractivity contribution in [1.82, 2.24) is 9.80 Å². The van der Waals surface area contributed by atoms with Gasteiger partial charge in [0.2, 0.25) is 0 Å². The van der Waals surface area contributed by atoms with Crippen LogP contribution < -0.4 is 5.73 Å². The summed E-state index contributed by atoms with van der Waals surface area (Å²) in [4.78, 5) is 3.90. The molecule has 2 rings (SSSR count). The van der Waals surface area contributed by atoms with Crippen molar-refractivity contribution in [3.63, 3.8) is 0 Å². The van der Waals surface area contributed by atoms with E-state index < -0.39 is 12.7 Å². The van der Waals surface area contributed by atoms with Crippen LogP contribution in [0.15, 0.2) is 0 Å². The number of rotatable bonds is 3. The Morgan fingerprint density at radius 1 is 0.857 bits per heavy atom. The Balaban J connectivity index is 1.91. The number of hydrogen-bond donors (Lipinski definition) is 1. The third-order valence-corrected chi connectivity index (χ3v) is 5.11. The topological polar surface area (TPSA) is 32.5 Å². The van der Waals surface area contributed by atoms with Gasteiger partial charge in [0.25, 0.3) is 0 Å². The summed E-state index contributed by atoms with van der Waals surface area (Å²) in [6.07, 6.45) is 4.32. The minimum absolute atomic E-state index is 0.0325. The lowest BCUT2D eigenvalue weighted by Gasteiger charge is -2.48. The minimum atomic E-state index is -4.09. The average Bonchev–Trinajstić information content (AvgIpc) is 2.39. The highest BCUT2D eigenvalue weighted by Gasteiger charge is 2.38. The molecule has 2 N–H and O–H groups in total. The summed E-state index contributed by atoms with van der Waals surface area (Å²) in [5.74, 6) is 0. The molecular weight excluding hydrogens is 279 g/mol. The second-order valence-corrected chi connectivity index (χ2v) is 6.57. The van der Waals surface area contributed by atoms with E-state index in [1.165, 1.54) is 37.0 Å². The van der Waals surface area contributed by atoms with Gasteiger partial charge in [-0.25, -0.2) is 0 Å². The highest BCUT2D eigenvalue weighted by Crippen LogP contribution is 2.32. The maximum atomic E-state index is 12.5. The van der Waals surface area contributed by atoms with Gasteiger partial charge in [0.1, 0.15) is 0 Å². The number of nitrogens with zero attached hydrogens (tertiary/aromatic N) is 2. The van der Waals surface area contributed by atoms with Crippen molar-refractivity contribution in [2.24, 2.45) is 5.73 Å². The van der Waals surface area contributed by atoms with Crippen molar-refractivity contribution >= 4 is 0 Å². The Morgan fingerprint density at radius 2 is 1.38 bits per heavy atom. The van der Waals surface area contributed by atoms with Gasteiger partial charge in [-0.2, -0.15) is 13.2 Å². The van der Waals surface area contributed by atoms with E-state index in [0.29, 0.717) is 32.7 Å². The highest BCUT2D eigenvalue weighted by molar-refractivity contribution is 4.94. The van der Waals surface area contributed by atoms with Gasteiger partial charge < -0.3 is 5.73 Å². The van der Waals surface area contributed by atoms with Crippen molar-refractivity contribution < 1.29 is 13.2 Å². The van der Waals surface area contributed by atoms with Gasteiger partial charge in [0.05, 0.1) is 6.54 Å². The van der Waals surface area contributed by atoms with Crippen LogP contribution in [-0.4, -0.2) is 60.8 Å². The smallest absolute Gasteiger partial charge is 0.329 e. The van der Waals surface area contributed by atoms with E-state index in [4.69, 9.17) is 5.73 Å². The van der Waals surface area contributed by atoms with Gasteiger partial charge in [-0.1, -0.05) is 32.1 Å². The molecular formula is C15H28F3N3. The zero-order chi connectivity index (χ0) is 15.3. The molecule has 2 aliphatic rings. The predicted molar refractivity (Wildman–Crippen MR) is 78.2 cm³/mol. The first-order valence-corrected chi connectivity index (χ1v) is 8.19. The van der Waals surface area contributed by atoms with Crippen LogP contribution in [0.2, 0.25) is 0 Å². The van der Waals surface area contributed by atoms with Crippen molar-refractivity contribution in [2.75, 3.05) is 39.3 Å². The van der Waals surface area contributed by atoms with Crippen molar-refractivity contribution in [2.45, 2.75) is 56.7 Å². The first kappa shape index (κ1) is 17.0. The Kier molecular flexibility index (Phi) is 5.91. The highest BCUT2D eigenvalue weighted by atomic mass is 19.4. The fourth-order valence-corrected chi connectivity index (χ4v) is 3.85. The molecule has 0 bridgehead atoms. The lowest BCUT2D eigenvalue weighted by Crippen LogP contribution is -2.61. The molecule has 0 aromatic heterocycles. The third-order valence-electron chi connectivity index (χ3n) is 5.11. The molecule has 1 heterocycles. The van der Waals surface area contributed by atoms with E-state index in [2.05, 4.69) is 4.90 Å². The van der Waals surface area contributed by atoms with E-state index in [1.807, 2.05) is 0 Å². The Labute approximate surface area is 125 Å². The van der Waals surface area contributed by atoms with Gasteiger partial charge >= 0.3 is 6.18 Å². The van der Waals surface area contributed by atoms with E-state index >= 15 is 0 Å². The van der Waals surface area contributed by atoms with Crippen LogP contribution in [0, 0.1) is 0 Å². The molecule has 3 nitrogen and oxygen atoms in total. The predicted octanol–water partition coefficient (Wildman–Crippen LogP) is 2.61. The van der Waals surface area contributed by atoms with Crippen LogP contribution in [0.3, 0.4) is 0 Å². The molecule has 0 radical (unpaired) electrons. The van der Waals surface area contributed by atoms with Crippen LogP contribution in [0.1, 0.15) is 44.9 Å². The van der Waals surface area contributed by atoms with Gasteiger partial charge in [-0.3, -0.25) is 9.80 Å². The number of halogens is 3. The van der Waals surface area contributed by atoms with Crippen molar-refractivity contribution in [3.05, 3.63) is 0 Å². The summed E-state index contributed by atoms with van der Waals surface area (Å²) in [6.45, 7) is 2.28. The summed E-state index contributed by atoms with van der Waals surface area (Å²) in [7, 11) is 0. The molecule has 2 fully saturated rings. The fourth-order valence-electron chi connectivity index (χ4n) is 3.85. The molecule has 0 aromatic rings.